The third-order valence-electron chi connectivity index (χ3n) is 1.74. The predicted octanol–water partition coefficient (Wildman–Crippen LogP) is 2.04. The van der Waals surface area contributed by atoms with E-state index >= 15 is 0 Å². The monoisotopic (exact) mass is 183 g/mol. The maximum Gasteiger partial charge on any atom is 0.0813 e. The Labute approximate surface area is 82.2 Å². The number of pyridine rings is 1. The number of nitrogens with zero attached hydrogens (tertiary/aromatic N) is 3. The molecule has 68 valence electrons. The second-order valence-corrected chi connectivity index (χ2v) is 2.74. The van der Waals surface area contributed by atoms with E-state index in [9.17, 15) is 0 Å². The van der Waals surface area contributed by atoms with E-state index in [0.29, 0.717) is 0 Å². The zero-order valence-corrected chi connectivity index (χ0v) is 7.54. The smallest absolute Gasteiger partial charge is 0.0813 e. The molecule has 0 N–H and O–H groups in total. The van der Waals surface area contributed by atoms with Gasteiger partial charge < -0.3 is 0 Å². The zero-order valence-electron chi connectivity index (χ0n) is 7.54. The van der Waals surface area contributed by atoms with Crippen molar-refractivity contribution in [2.45, 2.75) is 0 Å². The summed E-state index contributed by atoms with van der Waals surface area (Å²) in [6, 6.07) is 3.87. The molecule has 0 amide bonds. The predicted molar refractivity (Wildman–Crippen MR) is 55.2 cm³/mol. The first-order valence-corrected chi connectivity index (χ1v) is 4.29. The summed E-state index contributed by atoms with van der Waals surface area (Å²) in [6.45, 7) is 0. The van der Waals surface area contributed by atoms with Gasteiger partial charge in [-0.2, -0.15) is 0 Å². The molecule has 2 rings (SSSR count). The van der Waals surface area contributed by atoms with Crippen molar-refractivity contribution in [2.75, 3.05) is 0 Å². The number of hydrogen-bond donors (Lipinski definition) is 0. The molecule has 2 heterocycles. The van der Waals surface area contributed by atoms with Crippen LogP contribution in [0.1, 0.15) is 11.3 Å². The van der Waals surface area contributed by atoms with Crippen molar-refractivity contribution in [3.8, 4) is 0 Å². The lowest BCUT2D eigenvalue weighted by atomic mass is 10.2. The Morgan fingerprint density at radius 2 is 1.71 bits per heavy atom. The maximum absolute atomic E-state index is 4.13. The van der Waals surface area contributed by atoms with Gasteiger partial charge in [0.1, 0.15) is 0 Å². The minimum Gasteiger partial charge on any atom is -0.265 e. The fourth-order valence-corrected chi connectivity index (χ4v) is 1.05. The van der Waals surface area contributed by atoms with Crippen LogP contribution in [-0.4, -0.2) is 15.0 Å². The Kier molecular flexibility index (Phi) is 2.62. The van der Waals surface area contributed by atoms with Crippen molar-refractivity contribution in [1.82, 2.24) is 15.0 Å². The lowest BCUT2D eigenvalue weighted by Gasteiger charge is -1.91. The van der Waals surface area contributed by atoms with E-state index in [1.165, 1.54) is 0 Å². The van der Waals surface area contributed by atoms with Crippen molar-refractivity contribution in [3.05, 3.63) is 54.4 Å². The molecule has 3 heteroatoms. The normalized spacial score (nSPS) is 10.6. The Hall–Kier alpha value is -2.03. The SMILES string of the molecule is C(=Cc1cnccn1)c1ccncc1. The van der Waals surface area contributed by atoms with Gasteiger partial charge in [-0.3, -0.25) is 15.0 Å². The minimum atomic E-state index is 0.851. The Bertz CT molecular complexity index is 368. The first-order valence-electron chi connectivity index (χ1n) is 4.29. The molecule has 0 saturated carbocycles. The average molecular weight is 183 g/mol. The summed E-state index contributed by atoms with van der Waals surface area (Å²) >= 11 is 0. The lowest BCUT2D eigenvalue weighted by Crippen LogP contribution is -1.80. The molecule has 0 aliphatic heterocycles. The second kappa shape index (κ2) is 4.28. The molecule has 14 heavy (non-hydrogen) atoms. The molecular weight excluding hydrogens is 174 g/mol. The summed E-state index contributed by atoms with van der Waals surface area (Å²) < 4.78 is 0. The highest BCUT2D eigenvalue weighted by Crippen LogP contribution is 2.03. The van der Waals surface area contributed by atoms with Gasteiger partial charge in [0.25, 0.3) is 0 Å². The van der Waals surface area contributed by atoms with Crippen molar-refractivity contribution in [1.29, 1.82) is 0 Å². The lowest BCUT2D eigenvalue weighted by molar-refractivity contribution is 1.18. The molecule has 0 unspecified atom stereocenters. The van der Waals surface area contributed by atoms with Crippen molar-refractivity contribution in [3.63, 3.8) is 0 Å². The van der Waals surface area contributed by atoms with Crippen LogP contribution in [0.3, 0.4) is 0 Å². The van der Waals surface area contributed by atoms with Crippen LogP contribution in [0.4, 0.5) is 0 Å². The van der Waals surface area contributed by atoms with E-state index in [4.69, 9.17) is 0 Å². The fraction of sp³-hybridized carbons (Fsp3) is 0. The van der Waals surface area contributed by atoms with Gasteiger partial charge in [0.15, 0.2) is 0 Å². The van der Waals surface area contributed by atoms with Crippen LogP contribution in [0.5, 0.6) is 0 Å². The van der Waals surface area contributed by atoms with Crippen LogP contribution >= 0.6 is 0 Å². The molecule has 2 aromatic rings. The van der Waals surface area contributed by atoms with Crippen LogP contribution in [0.15, 0.2) is 43.1 Å². The Morgan fingerprint density at radius 3 is 2.43 bits per heavy atom. The molecule has 0 aliphatic rings. The van der Waals surface area contributed by atoms with E-state index in [-0.39, 0.29) is 0 Å². The molecule has 0 fully saturated rings. The quantitative estimate of drug-likeness (QED) is 0.715. The molecule has 2 aromatic heterocycles. The third kappa shape index (κ3) is 2.23. The molecule has 0 atom stereocenters. The van der Waals surface area contributed by atoms with E-state index < -0.39 is 0 Å². The van der Waals surface area contributed by atoms with Crippen LogP contribution in [-0.2, 0) is 0 Å². The summed E-state index contributed by atoms with van der Waals surface area (Å²) in [5, 5.41) is 0. The molecule has 0 saturated heterocycles. The average Bonchev–Trinajstić information content (AvgIpc) is 2.29. The van der Waals surface area contributed by atoms with Crippen LogP contribution in [0.25, 0.3) is 12.2 Å². The van der Waals surface area contributed by atoms with Crippen LogP contribution < -0.4 is 0 Å². The molecule has 0 aromatic carbocycles. The number of hydrogen-bond acceptors (Lipinski definition) is 3. The highest BCUT2D eigenvalue weighted by Gasteiger charge is 1.86. The second-order valence-electron chi connectivity index (χ2n) is 2.74. The standard InChI is InChI=1S/C11H9N3/c1(10-3-5-12-6-4-10)2-11-9-13-7-8-14-11/h1-9H. The van der Waals surface area contributed by atoms with Crippen molar-refractivity contribution in [2.24, 2.45) is 0 Å². The number of rotatable bonds is 2. The Balaban J connectivity index is 2.16. The molecule has 3 nitrogen and oxygen atoms in total. The molecule has 0 aliphatic carbocycles. The largest absolute Gasteiger partial charge is 0.265 e. The number of aromatic nitrogens is 3. The Morgan fingerprint density at radius 1 is 0.857 bits per heavy atom. The molecule has 0 radical (unpaired) electrons. The van der Waals surface area contributed by atoms with Gasteiger partial charge >= 0.3 is 0 Å². The topological polar surface area (TPSA) is 38.7 Å². The van der Waals surface area contributed by atoms with E-state index in [1.807, 2.05) is 24.3 Å². The van der Waals surface area contributed by atoms with Crippen molar-refractivity contribution < 1.29 is 0 Å². The van der Waals surface area contributed by atoms with Crippen LogP contribution in [0.2, 0.25) is 0 Å². The highest BCUT2D eigenvalue weighted by molar-refractivity contribution is 5.67. The van der Waals surface area contributed by atoms with Gasteiger partial charge in [-0.1, -0.05) is 6.08 Å². The van der Waals surface area contributed by atoms with E-state index in [0.717, 1.165) is 11.3 Å². The van der Waals surface area contributed by atoms with Gasteiger partial charge in [0.05, 0.1) is 11.9 Å². The third-order valence-corrected chi connectivity index (χ3v) is 1.74. The van der Waals surface area contributed by atoms with Crippen molar-refractivity contribution >= 4 is 12.2 Å². The summed E-state index contributed by atoms with van der Waals surface area (Å²) in [6.07, 6.45) is 12.5. The molecule has 0 bridgehead atoms. The first-order chi connectivity index (χ1) is 6.95. The first kappa shape index (κ1) is 8.56. The van der Waals surface area contributed by atoms with Crippen LogP contribution in [0, 0.1) is 0 Å². The van der Waals surface area contributed by atoms with Gasteiger partial charge in [-0.05, 0) is 23.8 Å². The van der Waals surface area contributed by atoms with Gasteiger partial charge in [-0.15, -0.1) is 0 Å². The fourth-order valence-electron chi connectivity index (χ4n) is 1.05. The maximum atomic E-state index is 4.13. The highest BCUT2D eigenvalue weighted by atomic mass is 14.7. The van der Waals surface area contributed by atoms with E-state index in [2.05, 4.69) is 15.0 Å². The summed E-state index contributed by atoms with van der Waals surface area (Å²) in [7, 11) is 0. The van der Waals surface area contributed by atoms with E-state index in [1.54, 1.807) is 31.0 Å². The minimum absolute atomic E-state index is 0.851. The van der Waals surface area contributed by atoms with Gasteiger partial charge in [0, 0.05) is 24.8 Å². The summed E-state index contributed by atoms with van der Waals surface area (Å²) in [4.78, 5) is 12.0. The molecular formula is C11H9N3. The summed E-state index contributed by atoms with van der Waals surface area (Å²) in [5.74, 6) is 0. The van der Waals surface area contributed by atoms with Gasteiger partial charge in [-0.25, -0.2) is 0 Å². The molecule has 0 spiro atoms. The zero-order chi connectivity index (χ0) is 9.64. The summed E-state index contributed by atoms with van der Waals surface area (Å²) in [5.41, 5.74) is 1.95. The van der Waals surface area contributed by atoms with Gasteiger partial charge in [0.2, 0.25) is 0 Å².